The van der Waals surface area contributed by atoms with Crippen LogP contribution in [0.2, 0.25) is 0 Å². The van der Waals surface area contributed by atoms with E-state index in [1.807, 2.05) is 32.9 Å². The van der Waals surface area contributed by atoms with Crippen LogP contribution in [0.3, 0.4) is 0 Å². The van der Waals surface area contributed by atoms with Crippen LogP contribution in [-0.2, 0) is 14.8 Å². The molecule has 0 saturated carbocycles. The second kappa shape index (κ2) is 8.97. The maximum atomic E-state index is 12.9. The van der Waals surface area contributed by atoms with Gasteiger partial charge in [0.05, 0.1) is 31.1 Å². The van der Waals surface area contributed by atoms with Crippen LogP contribution in [0.4, 0.5) is 0 Å². The Morgan fingerprint density at radius 2 is 1.92 bits per heavy atom. The SMILES string of the molecule is CCC[C@@H](C)NC(=O)C[NH+]1CCN(S(=O)(=O)c2cc(C)ccc2C)CC1. The molecular formula is C19H32N3O3S+. The molecule has 1 heterocycles. The van der Waals surface area contributed by atoms with Crippen LogP contribution in [0.1, 0.15) is 37.8 Å². The van der Waals surface area contributed by atoms with Gasteiger partial charge in [0.2, 0.25) is 10.0 Å². The summed E-state index contributed by atoms with van der Waals surface area (Å²) in [6.07, 6.45) is 2.02. The van der Waals surface area contributed by atoms with Crippen molar-refractivity contribution in [2.24, 2.45) is 0 Å². The second-order valence-corrected chi connectivity index (χ2v) is 9.26. The van der Waals surface area contributed by atoms with Gasteiger partial charge in [-0.1, -0.05) is 25.5 Å². The van der Waals surface area contributed by atoms with Gasteiger partial charge in [-0.25, -0.2) is 8.42 Å². The zero-order valence-electron chi connectivity index (χ0n) is 16.3. The van der Waals surface area contributed by atoms with Gasteiger partial charge in [0, 0.05) is 6.04 Å². The lowest BCUT2D eigenvalue weighted by Crippen LogP contribution is -3.15. The highest BCUT2D eigenvalue weighted by Gasteiger charge is 2.32. The van der Waals surface area contributed by atoms with Gasteiger partial charge in [0.15, 0.2) is 6.54 Å². The lowest BCUT2D eigenvalue weighted by Gasteiger charge is -2.31. The topological polar surface area (TPSA) is 70.9 Å². The van der Waals surface area contributed by atoms with Gasteiger partial charge in [0.25, 0.3) is 5.91 Å². The van der Waals surface area contributed by atoms with Gasteiger partial charge in [-0.2, -0.15) is 4.31 Å². The maximum absolute atomic E-state index is 12.9. The van der Waals surface area contributed by atoms with Gasteiger partial charge in [-0.05, 0) is 44.4 Å². The van der Waals surface area contributed by atoms with E-state index in [4.69, 9.17) is 0 Å². The van der Waals surface area contributed by atoms with E-state index in [1.54, 1.807) is 10.4 Å². The summed E-state index contributed by atoms with van der Waals surface area (Å²) in [4.78, 5) is 13.6. The molecule has 1 aliphatic rings. The van der Waals surface area contributed by atoms with Crippen LogP contribution in [0, 0.1) is 13.8 Å². The Hall–Kier alpha value is -1.44. The first kappa shape index (κ1) is 20.9. The number of nitrogens with zero attached hydrogens (tertiary/aromatic N) is 1. The Balaban J connectivity index is 1.93. The molecule has 146 valence electrons. The van der Waals surface area contributed by atoms with Crippen LogP contribution >= 0.6 is 0 Å². The summed E-state index contributed by atoms with van der Waals surface area (Å²) in [5.74, 6) is 0.0479. The van der Waals surface area contributed by atoms with E-state index in [1.165, 1.54) is 0 Å². The molecule has 1 saturated heterocycles. The minimum absolute atomic E-state index is 0.0479. The van der Waals surface area contributed by atoms with Gasteiger partial charge in [-0.3, -0.25) is 4.79 Å². The zero-order valence-corrected chi connectivity index (χ0v) is 17.2. The number of quaternary nitrogens is 1. The molecule has 0 aromatic heterocycles. The number of aryl methyl sites for hydroxylation is 2. The van der Waals surface area contributed by atoms with E-state index in [0.717, 1.165) is 28.9 Å². The molecule has 2 rings (SSSR count). The molecule has 1 aromatic carbocycles. The molecule has 1 aliphatic heterocycles. The Bertz CT molecular complexity index is 726. The highest BCUT2D eigenvalue weighted by atomic mass is 32.2. The number of sulfonamides is 1. The van der Waals surface area contributed by atoms with Crippen molar-refractivity contribution in [2.45, 2.75) is 51.5 Å². The van der Waals surface area contributed by atoms with Crippen LogP contribution in [-0.4, -0.2) is 57.4 Å². The minimum Gasteiger partial charge on any atom is -0.349 e. The summed E-state index contributed by atoms with van der Waals surface area (Å²) in [5, 5.41) is 3.02. The summed E-state index contributed by atoms with van der Waals surface area (Å²) in [6.45, 7) is 10.5. The Labute approximate surface area is 157 Å². The second-order valence-electron chi connectivity index (χ2n) is 7.36. The molecule has 0 bridgehead atoms. The standard InChI is InChI=1S/C19H31N3O3S/c1-5-6-17(4)20-19(23)14-21-9-11-22(12-10-21)26(24,25)18-13-15(2)7-8-16(18)3/h7-8,13,17H,5-6,9-12,14H2,1-4H3,(H,20,23)/p+1/t17-/m1/s1. The molecule has 1 amide bonds. The first-order valence-corrected chi connectivity index (χ1v) is 10.9. The Kier molecular flexibility index (Phi) is 7.20. The first-order valence-electron chi connectivity index (χ1n) is 9.44. The van der Waals surface area contributed by atoms with Crippen LogP contribution in [0.5, 0.6) is 0 Å². The summed E-state index contributed by atoms with van der Waals surface area (Å²) < 4.78 is 27.4. The number of piperazine rings is 1. The number of carbonyl (C=O) groups is 1. The summed E-state index contributed by atoms with van der Waals surface area (Å²) in [7, 11) is -3.47. The predicted molar refractivity (Wildman–Crippen MR) is 103 cm³/mol. The highest BCUT2D eigenvalue weighted by molar-refractivity contribution is 7.89. The van der Waals surface area contributed by atoms with E-state index in [9.17, 15) is 13.2 Å². The maximum Gasteiger partial charge on any atom is 0.275 e. The average Bonchev–Trinajstić information content (AvgIpc) is 2.57. The number of hydrogen-bond donors (Lipinski definition) is 2. The van der Waals surface area contributed by atoms with Crippen LogP contribution in [0.25, 0.3) is 0 Å². The Morgan fingerprint density at radius 1 is 1.27 bits per heavy atom. The van der Waals surface area contributed by atoms with E-state index in [2.05, 4.69) is 12.2 Å². The molecule has 0 aliphatic carbocycles. The molecule has 26 heavy (non-hydrogen) atoms. The molecular weight excluding hydrogens is 350 g/mol. The summed E-state index contributed by atoms with van der Waals surface area (Å²) in [6, 6.07) is 5.71. The third kappa shape index (κ3) is 5.28. The van der Waals surface area contributed by atoms with Gasteiger partial charge in [0.1, 0.15) is 0 Å². The fourth-order valence-corrected chi connectivity index (χ4v) is 5.15. The molecule has 7 heteroatoms. The molecule has 0 radical (unpaired) electrons. The molecule has 1 fully saturated rings. The van der Waals surface area contributed by atoms with E-state index < -0.39 is 10.0 Å². The van der Waals surface area contributed by atoms with Crippen molar-refractivity contribution in [3.63, 3.8) is 0 Å². The normalized spacial score (nSPS) is 17.8. The molecule has 0 spiro atoms. The molecule has 1 aromatic rings. The van der Waals surface area contributed by atoms with Crippen molar-refractivity contribution in [3.05, 3.63) is 29.3 Å². The van der Waals surface area contributed by atoms with Crippen molar-refractivity contribution >= 4 is 15.9 Å². The quantitative estimate of drug-likeness (QED) is 0.721. The largest absolute Gasteiger partial charge is 0.349 e. The average molecular weight is 383 g/mol. The number of hydrogen-bond acceptors (Lipinski definition) is 3. The monoisotopic (exact) mass is 382 g/mol. The summed E-state index contributed by atoms with van der Waals surface area (Å²) >= 11 is 0. The summed E-state index contributed by atoms with van der Waals surface area (Å²) in [5.41, 5.74) is 1.71. The number of carbonyl (C=O) groups excluding carboxylic acids is 1. The molecule has 6 nitrogen and oxygen atoms in total. The zero-order chi connectivity index (χ0) is 19.3. The Morgan fingerprint density at radius 3 is 2.54 bits per heavy atom. The lowest BCUT2D eigenvalue weighted by molar-refractivity contribution is -0.895. The van der Waals surface area contributed by atoms with Crippen molar-refractivity contribution < 1.29 is 18.1 Å². The third-order valence-corrected chi connectivity index (χ3v) is 6.97. The van der Waals surface area contributed by atoms with Crippen molar-refractivity contribution in [1.82, 2.24) is 9.62 Å². The van der Waals surface area contributed by atoms with Crippen molar-refractivity contribution in [1.29, 1.82) is 0 Å². The van der Waals surface area contributed by atoms with Crippen LogP contribution in [0.15, 0.2) is 23.1 Å². The van der Waals surface area contributed by atoms with Crippen molar-refractivity contribution in [3.8, 4) is 0 Å². The number of rotatable bonds is 7. The van der Waals surface area contributed by atoms with E-state index >= 15 is 0 Å². The van der Waals surface area contributed by atoms with Gasteiger partial charge in [-0.15, -0.1) is 0 Å². The molecule has 0 unspecified atom stereocenters. The smallest absolute Gasteiger partial charge is 0.275 e. The number of amides is 1. The van der Waals surface area contributed by atoms with Gasteiger partial charge >= 0.3 is 0 Å². The fraction of sp³-hybridized carbons (Fsp3) is 0.632. The molecule has 1 atom stereocenters. The van der Waals surface area contributed by atoms with Crippen LogP contribution < -0.4 is 10.2 Å². The lowest BCUT2D eigenvalue weighted by atomic mass is 10.2. The number of benzene rings is 1. The first-order chi connectivity index (χ1) is 12.2. The molecule has 2 N–H and O–H groups in total. The fourth-order valence-electron chi connectivity index (χ4n) is 3.40. The highest BCUT2D eigenvalue weighted by Crippen LogP contribution is 2.21. The number of nitrogens with one attached hydrogen (secondary N) is 2. The predicted octanol–water partition coefficient (Wildman–Crippen LogP) is 0.497. The third-order valence-electron chi connectivity index (χ3n) is 4.93. The van der Waals surface area contributed by atoms with Crippen molar-refractivity contribution in [2.75, 3.05) is 32.7 Å². The van der Waals surface area contributed by atoms with E-state index in [0.29, 0.717) is 37.6 Å². The van der Waals surface area contributed by atoms with Gasteiger partial charge < -0.3 is 10.2 Å². The minimum atomic E-state index is -3.47. The van der Waals surface area contributed by atoms with E-state index in [-0.39, 0.29) is 11.9 Å².